The predicted octanol–water partition coefficient (Wildman–Crippen LogP) is 3.05. The highest BCUT2D eigenvalue weighted by Crippen LogP contribution is 2.19. The largest absolute Gasteiger partial charge is 0.493 e. The number of hydrogen-bond donors (Lipinski definition) is 2. The van der Waals surface area contributed by atoms with E-state index < -0.39 is 12.0 Å². The van der Waals surface area contributed by atoms with Gasteiger partial charge in [-0.15, -0.1) is 0 Å². The molecule has 0 heterocycles. The zero-order valence-electron chi connectivity index (χ0n) is 14.7. The molecule has 26 heavy (non-hydrogen) atoms. The Morgan fingerprint density at radius 2 is 1.85 bits per heavy atom. The standard InChI is InChI=1S/C20H23NO5/c1-25-11-6-12-26-17-10-5-9-16(13-17)20(24)21-18(14-19(22)23)15-7-3-2-4-8-15/h2-5,7-10,13,18H,6,11-12,14H2,1H3,(H,21,24)(H,22,23). The molecule has 0 bridgehead atoms. The maximum Gasteiger partial charge on any atom is 0.305 e. The molecule has 2 N–H and O–H groups in total. The fourth-order valence-electron chi connectivity index (χ4n) is 2.47. The first-order valence-corrected chi connectivity index (χ1v) is 8.39. The number of carboxylic acid groups (broad SMARTS) is 1. The second-order valence-corrected chi connectivity index (χ2v) is 5.76. The van der Waals surface area contributed by atoms with Gasteiger partial charge in [0.2, 0.25) is 0 Å². The minimum absolute atomic E-state index is 0.192. The molecule has 0 aliphatic carbocycles. The van der Waals surface area contributed by atoms with Gasteiger partial charge in [-0.3, -0.25) is 9.59 Å². The van der Waals surface area contributed by atoms with E-state index in [0.717, 1.165) is 12.0 Å². The first-order chi connectivity index (χ1) is 12.6. The third kappa shape index (κ3) is 6.22. The molecule has 1 amide bonds. The van der Waals surface area contributed by atoms with E-state index in [2.05, 4.69) is 5.32 Å². The minimum Gasteiger partial charge on any atom is -0.493 e. The van der Waals surface area contributed by atoms with Gasteiger partial charge in [0.15, 0.2) is 0 Å². The molecule has 0 saturated heterocycles. The average molecular weight is 357 g/mol. The minimum atomic E-state index is -0.977. The van der Waals surface area contributed by atoms with Crippen molar-refractivity contribution in [2.75, 3.05) is 20.3 Å². The smallest absolute Gasteiger partial charge is 0.305 e. The predicted molar refractivity (Wildman–Crippen MR) is 97.3 cm³/mol. The van der Waals surface area contributed by atoms with Gasteiger partial charge in [-0.1, -0.05) is 36.4 Å². The van der Waals surface area contributed by atoms with Gasteiger partial charge in [0.25, 0.3) is 5.91 Å². The van der Waals surface area contributed by atoms with E-state index in [9.17, 15) is 9.59 Å². The van der Waals surface area contributed by atoms with Crippen molar-refractivity contribution >= 4 is 11.9 Å². The van der Waals surface area contributed by atoms with E-state index in [1.54, 1.807) is 43.5 Å². The van der Waals surface area contributed by atoms with Crippen LogP contribution in [0.15, 0.2) is 54.6 Å². The first-order valence-electron chi connectivity index (χ1n) is 8.39. The van der Waals surface area contributed by atoms with E-state index in [0.29, 0.717) is 24.5 Å². The number of nitrogens with one attached hydrogen (secondary N) is 1. The number of rotatable bonds is 10. The topological polar surface area (TPSA) is 84.9 Å². The van der Waals surface area contributed by atoms with Crippen molar-refractivity contribution in [3.8, 4) is 5.75 Å². The molecule has 1 atom stereocenters. The Morgan fingerprint density at radius 3 is 2.54 bits per heavy atom. The highest BCUT2D eigenvalue weighted by Gasteiger charge is 2.19. The lowest BCUT2D eigenvalue weighted by Gasteiger charge is -2.18. The SMILES string of the molecule is COCCCOc1cccc(C(=O)NC(CC(=O)O)c2ccccc2)c1. The van der Waals surface area contributed by atoms with E-state index in [-0.39, 0.29) is 12.3 Å². The molecule has 2 rings (SSSR count). The van der Waals surface area contributed by atoms with Gasteiger partial charge >= 0.3 is 5.97 Å². The Morgan fingerprint density at radius 1 is 1.08 bits per heavy atom. The van der Waals surface area contributed by atoms with E-state index >= 15 is 0 Å². The number of carbonyl (C=O) groups excluding carboxylic acids is 1. The summed E-state index contributed by atoms with van der Waals surface area (Å²) < 4.78 is 10.6. The van der Waals surface area contributed by atoms with Crippen molar-refractivity contribution in [1.82, 2.24) is 5.32 Å². The normalized spacial score (nSPS) is 11.6. The second-order valence-electron chi connectivity index (χ2n) is 5.76. The third-order valence-electron chi connectivity index (χ3n) is 3.74. The van der Waals surface area contributed by atoms with Crippen LogP contribution in [0.4, 0.5) is 0 Å². The highest BCUT2D eigenvalue weighted by molar-refractivity contribution is 5.95. The lowest BCUT2D eigenvalue weighted by molar-refractivity contribution is -0.137. The van der Waals surface area contributed by atoms with Crippen molar-refractivity contribution in [1.29, 1.82) is 0 Å². The molecular formula is C20H23NO5. The van der Waals surface area contributed by atoms with Crippen LogP contribution in [0.25, 0.3) is 0 Å². The summed E-state index contributed by atoms with van der Waals surface area (Å²) in [5.74, 6) is -0.736. The lowest BCUT2D eigenvalue weighted by Crippen LogP contribution is -2.30. The Labute approximate surface area is 152 Å². The fourth-order valence-corrected chi connectivity index (χ4v) is 2.47. The van der Waals surface area contributed by atoms with Crippen molar-refractivity contribution in [2.45, 2.75) is 18.9 Å². The summed E-state index contributed by atoms with van der Waals surface area (Å²) >= 11 is 0. The Bertz CT molecular complexity index is 717. The lowest BCUT2D eigenvalue weighted by atomic mass is 10.0. The molecule has 0 aliphatic rings. The monoisotopic (exact) mass is 357 g/mol. The van der Waals surface area contributed by atoms with E-state index in [1.165, 1.54) is 0 Å². The zero-order chi connectivity index (χ0) is 18.8. The second kappa shape index (κ2) is 10.2. The number of carboxylic acids is 1. The van der Waals surface area contributed by atoms with Gasteiger partial charge < -0.3 is 19.9 Å². The van der Waals surface area contributed by atoms with Gasteiger partial charge in [-0.2, -0.15) is 0 Å². The van der Waals surface area contributed by atoms with E-state index in [1.807, 2.05) is 18.2 Å². The molecule has 0 spiro atoms. The molecule has 138 valence electrons. The molecule has 0 saturated carbocycles. The molecule has 0 aromatic heterocycles. The highest BCUT2D eigenvalue weighted by atomic mass is 16.5. The van der Waals surface area contributed by atoms with Gasteiger partial charge in [0.1, 0.15) is 5.75 Å². The van der Waals surface area contributed by atoms with Crippen LogP contribution in [0.5, 0.6) is 5.75 Å². The summed E-state index contributed by atoms with van der Waals surface area (Å²) in [4.78, 5) is 23.7. The van der Waals surface area contributed by atoms with Gasteiger partial charge in [0.05, 0.1) is 19.1 Å². The summed E-state index contributed by atoms with van der Waals surface area (Å²) in [6.45, 7) is 1.10. The van der Waals surface area contributed by atoms with Gasteiger partial charge in [-0.25, -0.2) is 0 Å². The molecule has 0 radical (unpaired) electrons. The van der Waals surface area contributed by atoms with Crippen LogP contribution in [0.1, 0.15) is 34.8 Å². The van der Waals surface area contributed by atoms with Crippen LogP contribution in [-0.2, 0) is 9.53 Å². The van der Waals surface area contributed by atoms with Crippen LogP contribution >= 0.6 is 0 Å². The Balaban J connectivity index is 2.05. The maximum absolute atomic E-state index is 12.6. The molecule has 6 nitrogen and oxygen atoms in total. The number of methoxy groups -OCH3 is 1. The van der Waals surface area contributed by atoms with Crippen LogP contribution in [0, 0.1) is 0 Å². The summed E-state index contributed by atoms with van der Waals surface area (Å²) in [5.41, 5.74) is 1.16. The first kappa shape index (κ1) is 19.5. The molecule has 6 heteroatoms. The van der Waals surface area contributed by atoms with Crippen LogP contribution in [0.3, 0.4) is 0 Å². The molecule has 2 aromatic carbocycles. The summed E-state index contributed by atoms with van der Waals surface area (Å²) in [7, 11) is 1.63. The number of amides is 1. The Kier molecular flexibility index (Phi) is 7.64. The fraction of sp³-hybridized carbons (Fsp3) is 0.300. The number of hydrogen-bond acceptors (Lipinski definition) is 4. The average Bonchev–Trinajstić information content (AvgIpc) is 2.65. The van der Waals surface area contributed by atoms with Crippen LogP contribution in [-0.4, -0.2) is 37.3 Å². The zero-order valence-corrected chi connectivity index (χ0v) is 14.7. The van der Waals surface area contributed by atoms with Crippen LogP contribution in [0.2, 0.25) is 0 Å². The quantitative estimate of drug-likeness (QED) is 0.639. The molecular weight excluding hydrogens is 334 g/mol. The van der Waals surface area contributed by atoms with E-state index in [4.69, 9.17) is 14.6 Å². The maximum atomic E-state index is 12.6. The molecule has 0 fully saturated rings. The summed E-state index contributed by atoms with van der Waals surface area (Å²) in [6, 6.07) is 15.3. The van der Waals surface area contributed by atoms with Gasteiger partial charge in [0, 0.05) is 25.7 Å². The third-order valence-corrected chi connectivity index (χ3v) is 3.74. The molecule has 1 unspecified atom stereocenters. The summed E-state index contributed by atoms with van der Waals surface area (Å²) in [6.07, 6.45) is 0.560. The van der Waals surface area contributed by atoms with Crippen molar-refractivity contribution < 1.29 is 24.2 Å². The van der Waals surface area contributed by atoms with Crippen molar-refractivity contribution in [3.63, 3.8) is 0 Å². The Hall–Kier alpha value is -2.86. The number of benzene rings is 2. The number of aliphatic carboxylic acids is 1. The summed E-state index contributed by atoms with van der Waals surface area (Å²) in [5, 5.41) is 11.9. The van der Waals surface area contributed by atoms with Crippen molar-refractivity contribution in [2.24, 2.45) is 0 Å². The number of ether oxygens (including phenoxy) is 2. The van der Waals surface area contributed by atoms with Crippen LogP contribution < -0.4 is 10.1 Å². The molecule has 0 aliphatic heterocycles. The van der Waals surface area contributed by atoms with Crippen molar-refractivity contribution in [3.05, 3.63) is 65.7 Å². The molecule has 2 aromatic rings. The van der Waals surface area contributed by atoms with Gasteiger partial charge in [-0.05, 0) is 23.8 Å². The number of carbonyl (C=O) groups is 2.